The monoisotopic (exact) mass is 517 g/mol. The minimum Gasteiger partial charge on any atom is -0.479 e. The summed E-state index contributed by atoms with van der Waals surface area (Å²) in [5, 5.41) is 6.40. The van der Waals surface area contributed by atoms with Gasteiger partial charge in [0.25, 0.3) is 5.91 Å². The molecule has 4 unspecified atom stereocenters. The zero-order chi connectivity index (χ0) is 27.8. The predicted molar refractivity (Wildman–Crippen MR) is 141 cm³/mol. The molecule has 1 aliphatic carbocycles. The largest absolute Gasteiger partial charge is 0.479 e. The normalized spacial score (nSPS) is 25.7. The molecule has 0 aromatic heterocycles. The van der Waals surface area contributed by atoms with E-state index in [9.17, 15) is 14.4 Å². The summed E-state index contributed by atoms with van der Waals surface area (Å²) in [5.74, 6) is -0.817. The summed E-state index contributed by atoms with van der Waals surface area (Å²) < 4.78 is 17.2. The molecule has 9 heteroatoms. The van der Waals surface area contributed by atoms with E-state index < -0.39 is 34.4 Å². The fourth-order valence-electron chi connectivity index (χ4n) is 4.97. The van der Waals surface area contributed by atoms with Gasteiger partial charge in [-0.2, -0.15) is 0 Å². The first kappa shape index (κ1) is 28.9. The van der Waals surface area contributed by atoms with Crippen LogP contribution in [0.2, 0.25) is 0 Å². The molecule has 1 fully saturated rings. The van der Waals surface area contributed by atoms with E-state index >= 15 is 0 Å². The molecule has 1 amide bonds. The second kappa shape index (κ2) is 10.3. The molecule has 0 radical (unpaired) electrons. The molecule has 206 valence electrons. The summed E-state index contributed by atoms with van der Waals surface area (Å²) in [7, 11) is 0. The Labute approximate surface area is 220 Å². The second-order valence-electron chi connectivity index (χ2n) is 12.5. The van der Waals surface area contributed by atoms with Crippen molar-refractivity contribution in [3.05, 3.63) is 23.8 Å². The maximum Gasteiger partial charge on any atom is 0.331 e. The number of amides is 1. The van der Waals surface area contributed by atoms with Crippen LogP contribution in [0, 0.1) is 5.92 Å². The van der Waals surface area contributed by atoms with E-state index in [1.165, 1.54) is 0 Å². The van der Waals surface area contributed by atoms with E-state index in [1.807, 2.05) is 41.5 Å². The van der Waals surface area contributed by atoms with E-state index in [0.29, 0.717) is 36.3 Å². The van der Waals surface area contributed by atoms with Crippen molar-refractivity contribution in [2.24, 2.45) is 11.7 Å². The van der Waals surface area contributed by atoms with E-state index in [4.69, 9.17) is 19.9 Å². The Morgan fingerprint density at radius 3 is 2.38 bits per heavy atom. The van der Waals surface area contributed by atoms with Gasteiger partial charge in [0.05, 0.1) is 11.6 Å². The first-order valence-corrected chi connectivity index (χ1v) is 13.0. The number of hydrogen-bond donors (Lipinski definition) is 3. The van der Waals surface area contributed by atoms with Crippen molar-refractivity contribution in [3.8, 4) is 5.75 Å². The number of nitrogens with one attached hydrogen (secondary N) is 2. The maximum absolute atomic E-state index is 13.8. The van der Waals surface area contributed by atoms with Crippen LogP contribution in [0.3, 0.4) is 0 Å². The van der Waals surface area contributed by atoms with Gasteiger partial charge in [0.15, 0.2) is 6.10 Å². The molecule has 0 saturated heterocycles. The van der Waals surface area contributed by atoms with Crippen molar-refractivity contribution < 1.29 is 28.6 Å². The fraction of sp³-hybridized carbons (Fsp3) is 0.679. The van der Waals surface area contributed by atoms with Crippen LogP contribution < -0.4 is 21.1 Å². The molecule has 3 rings (SSSR count). The molecule has 2 aliphatic rings. The highest BCUT2D eigenvalue weighted by Crippen LogP contribution is 2.40. The first-order valence-electron chi connectivity index (χ1n) is 13.0. The third kappa shape index (κ3) is 6.82. The van der Waals surface area contributed by atoms with Crippen molar-refractivity contribution in [2.75, 3.05) is 11.9 Å². The third-order valence-corrected chi connectivity index (χ3v) is 6.79. The van der Waals surface area contributed by atoms with Gasteiger partial charge in [0, 0.05) is 12.1 Å². The van der Waals surface area contributed by atoms with Gasteiger partial charge >= 0.3 is 11.9 Å². The van der Waals surface area contributed by atoms with Gasteiger partial charge in [-0.1, -0.05) is 12.5 Å². The minimum atomic E-state index is -1.33. The fourth-order valence-corrected chi connectivity index (χ4v) is 4.97. The number of carbonyl (C=O) groups is 3. The van der Waals surface area contributed by atoms with Crippen LogP contribution in [0.4, 0.5) is 5.69 Å². The van der Waals surface area contributed by atoms with Crippen molar-refractivity contribution in [1.82, 2.24) is 5.32 Å². The molecular weight excluding hydrogens is 474 g/mol. The molecule has 1 aliphatic heterocycles. The van der Waals surface area contributed by atoms with Crippen LogP contribution in [-0.4, -0.2) is 47.2 Å². The van der Waals surface area contributed by atoms with Gasteiger partial charge in [-0.15, -0.1) is 0 Å². The lowest BCUT2D eigenvalue weighted by molar-refractivity contribution is -0.165. The molecule has 37 heavy (non-hydrogen) atoms. The Balaban J connectivity index is 2.00. The number of ether oxygens (including phenoxy) is 3. The molecular formula is C28H43N3O6. The zero-order valence-corrected chi connectivity index (χ0v) is 23.4. The Morgan fingerprint density at radius 2 is 1.78 bits per heavy atom. The number of carbonyl (C=O) groups excluding carboxylic acids is 3. The topological polar surface area (TPSA) is 129 Å². The molecule has 1 saturated carbocycles. The van der Waals surface area contributed by atoms with Gasteiger partial charge in [-0.25, -0.2) is 4.79 Å². The maximum atomic E-state index is 13.8. The van der Waals surface area contributed by atoms with E-state index in [1.54, 1.807) is 32.0 Å². The number of benzene rings is 1. The average Bonchev–Trinajstić information content (AvgIpc) is 2.77. The van der Waals surface area contributed by atoms with Gasteiger partial charge in [0.1, 0.15) is 22.5 Å². The highest BCUT2D eigenvalue weighted by Gasteiger charge is 2.48. The number of fused-ring (bicyclic) bond motifs is 1. The molecule has 1 heterocycles. The van der Waals surface area contributed by atoms with Crippen molar-refractivity contribution in [3.63, 3.8) is 0 Å². The number of hydrogen-bond acceptors (Lipinski definition) is 8. The Hall–Kier alpha value is -2.65. The minimum absolute atomic E-state index is 0.215. The quantitative estimate of drug-likeness (QED) is 0.486. The molecule has 0 bridgehead atoms. The summed E-state index contributed by atoms with van der Waals surface area (Å²) in [6.45, 7) is 14.6. The number of nitrogens with two attached hydrogens (primary N) is 1. The van der Waals surface area contributed by atoms with Crippen molar-refractivity contribution >= 4 is 23.5 Å². The Morgan fingerprint density at radius 1 is 1.14 bits per heavy atom. The molecule has 9 nitrogen and oxygen atoms in total. The molecule has 1 aromatic rings. The van der Waals surface area contributed by atoms with Crippen molar-refractivity contribution in [2.45, 2.75) is 109 Å². The van der Waals surface area contributed by atoms with Gasteiger partial charge < -0.3 is 25.3 Å². The summed E-state index contributed by atoms with van der Waals surface area (Å²) in [5.41, 5.74) is 4.04. The Kier molecular flexibility index (Phi) is 8.01. The average molecular weight is 518 g/mol. The lowest BCUT2D eigenvalue weighted by Crippen LogP contribution is -2.64. The number of rotatable bonds is 6. The molecule has 1 aromatic carbocycles. The summed E-state index contributed by atoms with van der Waals surface area (Å²) in [6, 6.07) is 5.26. The van der Waals surface area contributed by atoms with Gasteiger partial charge in [-0.3, -0.25) is 14.9 Å². The van der Waals surface area contributed by atoms with E-state index in [-0.39, 0.29) is 24.3 Å². The molecule has 4 atom stereocenters. The molecule has 0 spiro atoms. The SMILES string of the molecule is CC1Oc2ccc(C(C)(NC3(CN)CCCC(C(=O)OC(C)(C)C)C3)C(=O)OC(C)(C)C)cc2NC1=O. The molecule has 4 N–H and O–H groups in total. The highest BCUT2D eigenvalue weighted by atomic mass is 16.6. The van der Waals surface area contributed by atoms with Crippen LogP contribution >= 0.6 is 0 Å². The smallest absolute Gasteiger partial charge is 0.331 e. The highest BCUT2D eigenvalue weighted by molar-refractivity contribution is 5.98. The summed E-state index contributed by atoms with van der Waals surface area (Å²) >= 11 is 0. The van der Waals surface area contributed by atoms with E-state index in [2.05, 4.69) is 10.6 Å². The third-order valence-electron chi connectivity index (χ3n) is 6.79. The van der Waals surface area contributed by atoms with Crippen LogP contribution in [0.25, 0.3) is 0 Å². The predicted octanol–water partition coefficient (Wildman–Crippen LogP) is 3.78. The first-order chi connectivity index (χ1) is 17.0. The lowest BCUT2D eigenvalue weighted by atomic mass is 9.73. The van der Waals surface area contributed by atoms with Crippen LogP contribution in [-0.2, 0) is 29.4 Å². The van der Waals surface area contributed by atoms with Gasteiger partial charge in [-0.05, 0) is 92.3 Å². The second-order valence-corrected chi connectivity index (χ2v) is 12.5. The van der Waals surface area contributed by atoms with Crippen LogP contribution in [0.1, 0.15) is 86.6 Å². The van der Waals surface area contributed by atoms with Crippen molar-refractivity contribution in [1.29, 1.82) is 0 Å². The van der Waals surface area contributed by atoms with E-state index in [0.717, 1.165) is 6.42 Å². The lowest BCUT2D eigenvalue weighted by Gasteiger charge is -2.46. The number of esters is 2. The summed E-state index contributed by atoms with van der Waals surface area (Å²) in [4.78, 5) is 39.0. The van der Waals surface area contributed by atoms with Crippen LogP contribution in [0.5, 0.6) is 5.75 Å². The number of anilines is 1. The summed E-state index contributed by atoms with van der Waals surface area (Å²) in [6.07, 6.45) is 1.95. The Bertz CT molecular complexity index is 1040. The standard InChI is InChI=1S/C28H43N3O6/c1-17-22(32)30-20-14-19(11-12-21(20)35-17)27(8,24(34)37-26(5,6)7)31-28(16-29)13-9-10-18(15-28)23(33)36-25(2,3)4/h11-12,14,17-18,31H,9-10,13,15-16,29H2,1-8H3,(H,30,32). The van der Waals surface area contributed by atoms with Gasteiger partial charge in [0.2, 0.25) is 0 Å². The zero-order valence-electron chi connectivity index (χ0n) is 23.4. The van der Waals surface area contributed by atoms with Crippen LogP contribution in [0.15, 0.2) is 18.2 Å².